The van der Waals surface area contributed by atoms with Crippen molar-refractivity contribution in [1.29, 1.82) is 0 Å². The summed E-state index contributed by atoms with van der Waals surface area (Å²) in [6.45, 7) is 6.19. The Labute approximate surface area is 103 Å². The van der Waals surface area contributed by atoms with E-state index in [-0.39, 0.29) is 18.2 Å². The van der Waals surface area contributed by atoms with E-state index in [1.165, 1.54) is 0 Å². The monoisotopic (exact) mass is 235 g/mol. The summed E-state index contributed by atoms with van der Waals surface area (Å²) in [5.74, 6) is 0.912. The molecule has 0 spiro atoms. The van der Waals surface area contributed by atoms with Crippen molar-refractivity contribution in [3.05, 3.63) is 28.8 Å². The summed E-state index contributed by atoms with van der Waals surface area (Å²) in [7, 11) is 1.60. The van der Waals surface area contributed by atoms with E-state index in [1.54, 1.807) is 7.11 Å². The molecule has 1 rings (SSSR count). The Bertz CT molecular complexity index is 411. The third-order valence-corrected chi connectivity index (χ3v) is 2.94. The normalized spacial score (nSPS) is 10.7. The summed E-state index contributed by atoms with van der Waals surface area (Å²) in [6.07, 6.45) is 0.840. The number of benzene rings is 1. The number of hydrogen-bond donors (Lipinski definition) is 1. The van der Waals surface area contributed by atoms with Gasteiger partial charge in [-0.1, -0.05) is 32.9 Å². The standard InChI is InChI=1S/C14H21NO2/c1-5-10-6-7-11(9(2)3)13(12(16)8-15)14(10)17-4/h6-7,9H,5,8,15H2,1-4H3. The van der Waals surface area contributed by atoms with Gasteiger partial charge in [-0.05, 0) is 23.5 Å². The molecule has 0 saturated carbocycles. The van der Waals surface area contributed by atoms with Crippen LogP contribution in [0.5, 0.6) is 5.75 Å². The van der Waals surface area contributed by atoms with Crippen LogP contribution in [-0.4, -0.2) is 19.4 Å². The fourth-order valence-corrected chi connectivity index (χ4v) is 2.02. The molecule has 94 valence electrons. The number of nitrogens with two attached hydrogens (primary N) is 1. The smallest absolute Gasteiger partial charge is 0.180 e. The van der Waals surface area contributed by atoms with Gasteiger partial charge in [0.05, 0.1) is 19.2 Å². The predicted molar refractivity (Wildman–Crippen MR) is 69.8 cm³/mol. The second kappa shape index (κ2) is 5.82. The van der Waals surface area contributed by atoms with Gasteiger partial charge in [0.25, 0.3) is 0 Å². The summed E-state index contributed by atoms with van der Waals surface area (Å²) in [5.41, 5.74) is 8.20. The number of ether oxygens (including phenoxy) is 1. The number of hydrogen-bond acceptors (Lipinski definition) is 3. The van der Waals surface area contributed by atoms with Crippen molar-refractivity contribution in [2.45, 2.75) is 33.1 Å². The van der Waals surface area contributed by atoms with Crippen molar-refractivity contribution in [3.63, 3.8) is 0 Å². The molecule has 0 aliphatic rings. The van der Waals surface area contributed by atoms with Gasteiger partial charge in [-0.3, -0.25) is 4.79 Å². The Morgan fingerprint density at radius 2 is 2.06 bits per heavy atom. The highest BCUT2D eigenvalue weighted by atomic mass is 16.5. The zero-order chi connectivity index (χ0) is 13.0. The second-order valence-electron chi connectivity index (χ2n) is 4.36. The van der Waals surface area contributed by atoms with E-state index in [0.29, 0.717) is 11.3 Å². The molecule has 0 radical (unpaired) electrons. The molecule has 0 fully saturated rings. The van der Waals surface area contributed by atoms with E-state index in [2.05, 4.69) is 13.8 Å². The van der Waals surface area contributed by atoms with Gasteiger partial charge in [0.1, 0.15) is 5.75 Å². The van der Waals surface area contributed by atoms with Crippen molar-refractivity contribution < 1.29 is 9.53 Å². The molecule has 0 bridgehead atoms. The largest absolute Gasteiger partial charge is 0.496 e. The van der Waals surface area contributed by atoms with E-state index in [0.717, 1.165) is 17.5 Å². The van der Waals surface area contributed by atoms with E-state index < -0.39 is 0 Å². The first-order valence-corrected chi connectivity index (χ1v) is 5.99. The molecule has 0 atom stereocenters. The Morgan fingerprint density at radius 1 is 1.41 bits per heavy atom. The number of methoxy groups -OCH3 is 1. The van der Waals surface area contributed by atoms with Crippen LogP contribution in [-0.2, 0) is 6.42 Å². The lowest BCUT2D eigenvalue weighted by Gasteiger charge is -2.18. The number of carbonyl (C=O) groups is 1. The molecular formula is C14H21NO2. The van der Waals surface area contributed by atoms with Gasteiger partial charge in [0.15, 0.2) is 5.78 Å². The maximum absolute atomic E-state index is 12.0. The minimum Gasteiger partial charge on any atom is -0.496 e. The Balaban J connectivity index is 3.50. The van der Waals surface area contributed by atoms with Crippen LogP contribution in [0.25, 0.3) is 0 Å². The summed E-state index contributed by atoms with van der Waals surface area (Å²) >= 11 is 0. The predicted octanol–water partition coefficient (Wildman–Crippen LogP) is 2.52. The van der Waals surface area contributed by atoms with Crippen LogP contribution >= 0.6 is 0 Å². The van der Waals surface area contributed by atoms with Crippen LogP contribution in [0.2, 0.25) is 0 Å². The van der Waals surface area contributed by atoms with E-state index >= 15 is 0 Å². The molecule has 0 saturated heterocycles. The van der Waals surface area contributed by atoms with Crippen molar-refractivity contribution in [2.75, 3.05) is 13.7 Å². The van der Waals surface area contributed by atoms with Crippen molar-refractivity contribution in [1.82, 2.24) is 0 Å². The molecule has 0 aliphatic heterocycles. The van der Waals surface area contributed by atoms with E-state index in [9.17, 15) is 4.79 Å². The van der Waals surface area contributed by atoms with Crippen LogP contribution in [0.15, 0.2) is 12.1 Å². The molecule has 0 heterocycles. The first-order valence-electron chi connectivity index (χ1n) is 5.99. The quantitative estimate of drug-likeness (QED) is 0.798. The molecule has 0 aromatic heterocycles. The molecule has 1 aromatic rings. The molecule has 0 aliphatic carbocycles. The number of carbonyl (C=O) groups excluding carboxylic acids is 1. The third-order valence-electron chi connectivity index (χ3n) is 2.94. The lowest BCUT2D eigenvalue weighted by Crippen LogP contribution is -2.18. The van der Waals surface area contributed by atoms with Gasteiger partial charge in [0.2, 0.25) is 0 Å². The maximum Gasteiger partial charge on any atom is 0.180 e. The SMILES string of the molecule is CCc1ccc(C(C)C)c(C(=O)CN)c1OC. The van der Waals surface area contributed by atoms with Crippen LogP contribution in [0.1, 0.15) is 48.2 Å². The first kappa shape index (κ1) is 13.7. The number of ketones is 1. The highest BCUT2D eigenvalue weighted by molar-refractivity contribution is 6.02. The maximum atomic E-state index is 12.0. The molecule has 2 N–H and O–H groups in total. The Kier molecular flexibility index (Phi) is 4.70. The topological polar surface area (TPSA) is 52.3 Å². The minimum absolute atomic E-state index is 0.0171. The van der Waals surface area contributed by atoms with Crippen molar-refractivity contribution in [2.24, 2.45) is 5.73 Å². The average Bonchev–Trinajstić information content (AvgIpc) is 2.35. The Hall–Kier alpha value is -1.35. The van der Waals surface area contributed by atoms with E-state index in [1.807, 2.05) is 19.1 Å². The minimum atomic E-state index is -0.0548. The summed E-state index contributed by atoms with van der Waals surface area (Å²) in [5, 5.41) is 0. The third kappa shape index (κ3) is 2.67. The summed E-state index contributed by atoms with van der Waals surface area (Å²) < 4.78 is 5.40. The van der Waals surface area contributed by atoms with Gasteiger partial charge >= 0.3 is 0 Å². The van der Waals surface area contributed by atoms with Gasteiger partial charge in [-0.25, -0.2) is 0 Å². The summed E-state index contributed by atoms with van der Waals surface area (Å²) in [4.78, 5) is 12.0. The lowest BCUT2D eigenvalue weighted by atomic mass is 9.91. The number of Topliss-reactive ketones (excluding diaryl/α,β-unsaturated/α-hetero) is 1. The van der Waals surface area contributed by atoms with Crippen LogP contribution in [0, 0.1) is 0 Å². The molecule has 17 heavy (non-hydrogen) atoms. The molecule has 0 unspecified atom stereocenters. The fourth-order valence-electron chi connectivity index (χ4n) is 2.02. The zero-order valence-electron chi connectivity index (χ0n) is 11.0. The van der Waals surface area contributed by atoms with Crippen LogP contribution in [0.4, 0.5) is 0 Å². The van der Waals surface area contributed by atoms with Crippen LogP contribution in [0.3, 0.4) is 0 Å². The van der Waals surface area contributed by atoms with Crippen LogP contribution < -0.4 is 10.5 Å². The summed E-state index contributed by atoms with van der Waals surface area (Å²) in [6, 6.07) is 4.04. The van der Waals surface area contributed by atoms with Crippen molar-refractivity contribution in [3.8, 4) is 5.75 Å². The molecule has 3 heteroatoms. The van der Waals surface area contributed by atoms with E-state index in [4.69, 9.17) is 10.5 Å². The van der Waals surface area contributed by atoms with Gasteiger partial charge in [0, 0.05) is 0 Å². The first-order chi connectivity index (χ1) is 8.06. The Morgan fingerprint density at radius 3 is 2.47 bits per heavy atom. The fraction of sp³-hybridized carbons (Fsp3) is 0.500. The van der Waals surface area contributed by atoms with Crippen molar-refractivity contribution >= 4 is 5.78 Å². The molecule has 0 amide bonds. The van der Waals surface area contributed by atoms with Gasteiger partial charge < -0.3 is 10.5 Å². The number of aryl methyl sites for hydroxylation is 1. The lowest BCUT2D eigenvalue weighted by molar-refractivity contribution is 0.0997. The highest BCUT2D eigenvalue weighted by Gasteiger charge is 2.20. The van der Waals surface area contributed by atoms with Gasteiger partial charge in [-0.2, -0.15) is 0 Å². The highest BCUT2D eigenvalue weighted by Crippen LogP contribution is 2.32. The zero-order valence-corrected chi connectivity index (χ0v) is 11.0. The molecule has 3 nitrogen and oxygen atoms in total. The number of rotatable bonds is 5. The molecule has 1 aromatic carbocycles. The van der Waals surface area contributed by atoms with Gasteiger partial charge in [-0.15, -0.1) is 0 Å². The average molecular weight is 235 g/mol. The molecular weight excluding hydrogens is 214 g/mol. The second-order valence-corrected chi connectivity index (χ2v) is 4.36.